The average Bonchev–Trinajstić information content (AvgIpc) is 2.96. The van der Waals surface area contributed by atoms with E-state index in [1.165, 1.54) is 0 Å². The molecule has 0 amide bonds. The van der Waals surface area contributed by atoms with Crippen LogP contribution in [-0.4, -0.2) is 16.3 Å². The average molecular weight is 316 g/mol. The minimum atomic E-state index is 0.0325. The van der Waals surface area contributed by atoms with E-state index in [0.29, 0.717) is 11.6 Å². The molecule has 2 aromatic heterocycles. The monoisotopic (exact) mass is 315 g/mol. The molecule has 6 heteroatoms. The van der Waals surface area contributed by atoms with Crippen molar-refractivity contribution < 1.29 is 4.42 Å². The Morgan fingerprint density at radius 2 is 2.10 bits per heavy atom. The molecule has 0 fully saturated rings. The summed E-state index contributed by atoms with van der Waals surface area (Å²) < 4.78 is 7.36. The molecule has 0 radical (unpaired) electrons. The number of rotatable bonds is 6. The van der Waals surface area contributed by atoms with Crippen molar-refractivity contribution in [3.8, 4) is 0 Å². The molecule has 2 rings (SSSR count). The van der Waals surface area contributed by atoms with Crippen LogP contribution in [0.1, 0.15) is 37.0 Å². The van der Waals surface area contributed by atoms with Crippen LogP contribution in [0.5, 0.6) is 0 Å². The van der Waals surface area contributed by atoms with Crippen LogP contribution < -0.4 is 5.32 Å². The molecule has 4 nitrogen and oxygen atoms in total. The normalized spacial score (nSPS) is 12.8. The molecule has 0 aliphatic rings. The zero-order valence-corrected chi connectivity index (χ0v) is 13.4. The number of nitrogens with zero attached hydrogens (tertiary/aromatic N) is 2. The van der Waals surface area contributed by atoms with Crippen LogP contribution in [0.25, 0.3) is 0 Å². The Morgan fingerprint density at radius 3 is 2.60 bits per heavy atom. The lowest BCUT2D eigenvalue weighted by atomic mass is 10.1. The van der Waals surface area contributed by atoms with Gasteiger partial charge in [-0.25, -0.2) is 0 Å². The zero-order chi connectivity index (χ0) is 14.7. The smallest absolute Gasteiger partial charge is 0.193 e. The van der Waals surface area contributed by atoms with Crippen molar-refractivity contribution in [3.63, 3.8) is 0 Å². The number of halogens is 2. The van der Waals surface area contributed by atoms with Crippen LogP contribution in [0.15, 0.2) is 16.5 Å². The van der Waals surface area contributed by atoms with Gasteiger partial charge in [-0.2, -0.15) is 5.10 Å². The number of hydrogen-bond donors (Lipinski definition) is 1. The molecule has 1 unspecified atom stereocenters. The third-order valence-electron chi connectivity index (χ3n) is 3.29. The van der Waals surface area contributed by atoms with E-state index in [1.807, 2.05) is 24.7 Å². The van der Waals surface area contributed by atoms with Crippen LogP contribution in [0.4, 0.5) is 0 Å². The van der Waals surface area contributed by atoms with Crippen LogP contribution in [0.2, 0.25) is 10.2 Å². The van der Waals surface area contributed by atoms with Crippen LogP contribution >= 0.6 is 23.2 Å². The standard InChI is InChI=1S/C14H19Cl2N3O/c1-4-9-14(16)11(19(3)18-9)8-10(17-5-2)12-6-7-13(15)20-12/h6-7,10,17H,4-5,8H2,1-3H3. The first-order valence-corrected chi connectivity index (χ1v) is 7.51. The van der Waals surface area contributed by atoms with Crippen molar-refractivity contribution >= 4 is 23.2 Å². The highest BCUT2D eigenvalue weighted by molar-refractivity contribution is 6.31. The van der Waals surface area contributed by atoms with Gasteiger partial charge in [0.1, 0.15) is 5.76 Å². The second-order valence-corrected chi connectivity index (χ2v) is 5.39. The SMILES string of the molecule is CCNC(Cc1c(Cl)c(CC)nn1C)c1ccc(Cl)o1. The van der Waals surface area contributed by atoms with E-state index in [4.69, 9.17) is 27.6 Å². The Hall–Kier alpha value is -0.970. The van der Waals surface area contributed by atoms with Gasteiger partial charge in [-0.15, -0.1) is 0 Å². The largest absolute Gasteiger partial charge is 0.448 e. The van der Waals surface area contributed by atoms with Gasteiger partial charge < -0.3 is 9.73 Å². The Morgan fingerprint density at radius 1 is 1.35 bits per heavy atom. The fourth-order valence-electron chi connectivity index (χ4n) is 2.27. The molecule has 20 heavy (non-hydrogen) atoms. The number of aryl methyl sites for hydroxylation is 2. The molecule has 0 saturated carbocycles. The molecule has 2 aromatic rings. The Kier molecular flexibility index (Phi) is 5.13. The summed E-state index contributed by atoms with van der Waals surface area (Å²) in [5.41, 5.74) is 1.93. The summed E-state index contributed by atoms with van der Waals surface area (Å²) in [5.74, 6) is 0.812. The van der Waals surface area contributed by atoms with Gasteiger partial charge >= 0.3 is 0 Å². The van der Waals surface area contributed by atoms with Gasteiger partial charge in [0.05, 0.1) is 22.5 Å². The minimum absolute atomic E-state index is 0.0325. The van der Waals surface area contributed by atoms with Crippen LogP contribution in [0.3, 0.4) is 0 Å². The number of aromatic nitrogens is 2. The van der Waals surface area contributed by atoms with Gasteiger partial charge in [-0.05, 0) is 36.7 Å². The van der Waals surface area contributed by atoms with E-state index in [2.05, 4.69) is 17.3 Å². The van der Waals surface area contributed by atoms with E-state index in [-0.39, 0.29) is 6.04 Å². The molecule has 1 N–H and O–H groups in total. The maximum atomic E-state index is 6.40. The summed E-state index contributed by atoms with van der Waals surface area (Å²) >= 11 is 12.3. The summed E-state index contributed by atoms with van der Waals surface area (Å²) in [6.07, 6.45) is 1.53. The fraction of sp³-hybridized carbons (Fsp3) is 0.500. The number of nitrogens with one attached hydrogen (secondary N) is 1. The van der Waals surface area contributed by atoms with Crippen molar-refractivity contribution in [3.05, 3.63) is 39.5 Å². The predicted molar refractivity (Wildman–Crippen MR) is 81.4 cm³/mol. The Balaban J connectivity index is 2.26. The number of hydrogen-bond acceptors (Lipinski definition) is 3. The van der Waals surface area contributed by atoms with E-state index in [9.17, 15) is 0 Å². The fourth-order valence-corrected chi connectivity index (χ4v) is 2.79. The summed E-state index contributed by atoms with van der Waals surface area (Å²) in [4.78, 5) is 0. The van der Waals surface area contributed by atoms with E-state index in [1.54, 1.807) is 6.07 Å². The molecule has 0 aromatic carbocycles. The first kappa shape index (κ1) is 15.4. The quantitative estimate of drug-likeness (QED) is 0.882. The first-order valence-electron chi connectivity index (χ1n) is 6.75. The molecular formula is C14H19Cl2N3O. The lowest BCUT2D eigenvalue weighted by molar-refractivity contribution is 0.411. The summed E-state index contributed by atoms with van der Waals surface area (Å²) in [5, 5.41) is 8.97. The maximum absolute atomic E-state index is 6.40. The van der Waals surface area contributed by atoms with Crippen molar-refractivity contribution in [2.24, 2.45) is 7.05 Å². The summed E-state index contributed by atoms with van der Waals surface area (Å²) in [6.45, 7) is 4.94. The topological polar surface area (TPSA) is 43.0 Å². The molecule has 2 heterocycles. The summed E-state index contributed by atoms with van der Waals surface area (Å²) in [6, 6.07) is 3.68. The van der Waals surface area contributed by atoms with Gasteiger partial charge in [-0.1, -0.05) is 25.4 Å². The van der Waals surface area contributed by atoms with Gasteiger partial charge in [0.15, 0.2) is 5.22 Å². The molecular weight excluding hydrogens is 297 g/mol. The lowest BCUT2D eigenvalue weighted by Crippen LogP contribution is -2.23. The van der Waals surface area contributed by atoms with Gasteiger partial charge in [0.2, 0.25) is 0 Å². The number of furan rings is 1. The van der Waals surface area contributed by atoms with E-state index in [0.717, 1.165) is 35.1 Å². The van der Waals surface area contributed by atoms with Gasteiger partial charge in [0, 0.05) is 13.5 Å². The van der Waals surface area contributed by atoms with Gasteiger partial charge in [0.25, 0.3) is 0 Å². The highest BCUT2D eigenvalue weighted by Gasteiger charge is 2.21. The van der Waals surface area contributed by atoms with Crippen molar-refractivity contribution in [1.29, 1.82) is 0 Å². The highest BCUT2D eigenvalue weighted by atomic mass is 35.5. The van der Waals surface area contributed by atoms with E-state index >= 15 is 0 Å². The molecule has 1 atom stereocenters. The Bertz CT molecular complexity index is 577. The third-order valence-corrected chi connectivity index (χ3v) is 3.93. The molecule has 0 saturated heterocycles. The molecule has 0 spiro atoms. The number of likely N-dealkylation sites (N-methyl/N-ethyl adjacent to an activating group) is 1. The van der Waals surface area contributed by atoms with Crippen molar-refractivity contribution in [2.75, 3.05) is 6.54 Å². The second kappa shape index (κ2) is 6.66. The van der Waals surface area contributed by atoms with E-state index < -0.39 is 0 Å². The highest BCUT2D eigenvalue weighted by Crippen LogP contribution is 2.28. The Labute approximate surface area is 129 Å². The van der Waals surface area contributed by atoms with Crippen LogP contribution in [0, 0.1) is 0 Å². The molecule has 110 valence electrons. The first-order chi connectivity index (χ1) is 9.56. The molecule has 0 aliphatic heterocycles. The third kappa shape index (κ3) is 3.19. The van der Waals surface area contributed by atoms with Crippen molar-refractivity contribution in [1.82, 2.24) is 15.1 Å². The van der Waals surface area contributed by atoms with Crippen molar-refractivity contribution in [2.45, 2.75) is 32.7 Å². The minimum Gasteiger partial charge on any atom is -0.448 e. The van der Waals surface area contributed by atoms with Gasteiger partial charge in [-0.3, -0.25) is 4.68 Å². The molecule has 0 aliphatic carbocycles. The molecule has 0 bridgehead atoms. The lowest BCUT2D eigenvalue weighted by Gasteiger charge is -2.15. The van der Waals surface area contributed by atoms with Crippen LogP contribution in [-0.2, 0) is 19.9 Å². The second-order valence-electron chi connectivity index (χ2n) is 4.64. The maximum Gasteiger partial charge on any atom is 0.193 e. The zero-order valence-electron chi connectivity index (χ0n) is 11.9. The predicted octanol–water partition coefficient (Wildman–Crippen LogP) is 3.78. The summed E-state index contributed by atoms with van der Waals surface area (Å²) in [7, 11) is 1.92.